The summed E-state index contributed by atoms with van der Waals surface area (Å²) in [6, 6.07) is 7.65. The first-order chi connectivity index (χ1) is 11.4. The molecule has 5 heteroatoms. The Balaban J connectivity index is 2.76. The van der Waals surface area contributed by atoms with Crippen molar-refractivity contribution in [3.63, 3.8) is 0 Å². The Kier molecular flexibility index (Phi) is 8.30. The van der Waals surface area contributed by atoms with Crippen LogP contribution in [0.1, 0.15) is 44.0 Å². The summed E-state index contributed by atoms with van der Waals surface area (Å²) in [7, 11) is 3.42. The van der Waals surface area contributed by atoms with E-state index >= 15 is 0 Å². The van der Waals surface area contributed by atoms with Crippen molar-refractivity contribution in [1.82, 2.24) is 4.90 Å². The molecule has 1 aromatic carbocycles. The molecular weight excluding hydrogens is 304 g/mol. The molecule has 0 aromatic heterocycles. The van der Waals surface area contributed by atoms with Crippen molar-refractivity contribution >= 4 is 17.6 Å². The lowest BCUT2D eigenvalue weighted by atomic mass is 10.1. The number of hydrogen-bond donors (Lipinski definition) is 0. The van der Waals surface area contributed by atoms with Crippen molar-refractivity contribution in [1.29, 1.82) is 0 Å². The van der Waals surface area contributed by atoms with Gasteiger partial charge >= 0.3 is 5.97 Å². The van der Waals surface area contributed by atoms with Gasteiger partial charge in [0.25, 0.3) is 5.91 Å². The van der Waals surface area contributed by atoms with Gasteiger partial charge in [-0.05, 0) is 37.6 Å². The smallest absolute Gasteiger partial charge is 0.310 e. The molecular formula is C19H30N2O3. The number of methoxy groups -OCH3 is 1. The second kappa shape index (κ2) is 9.96. The standard InChI is InChI=1S/C19H30N2O3/c1-6-8-13-20(4)17-11-9-16(10-12-17)18(22)21(7-2)14-15(3)19(23)24-5/h9-12,15H,6-8,13-14H2,1-5H3. The van der Waals surface area contributed by atoms with Crippen LogP contribution in [0.15, 0.2) is 24.3 Å². The molecule has 0 N–H and O–H groups in total. The van der Waals surface area contributed by atoms with Gasteiger partial charge < -0.3 is 14.5 Å². The van der Waals surface area contributed by atoms with Crippen LogP contribution in [-0.2, 0) is 9.53 Å². The van der Waals surface area contributed by atoms with Crippen molar-refractivity contribution in [2.75, 3.05) is 38.7 Å². The van der Waals surface area contributed by atoms with Crippen molar-refractivity contribution in [3.8, 4) is 0 Å². The molecule has 0 spiro atoms. The highest BCUT2D eigenvalue weighted by Crippen LogP contribution is 2.16. The van der Waals surface area contributed by atoms with Crippen LogP contribution in [0.5, 0.6) is 0 Å². The van der Waals surface area contributed by atoms with Crippen LogP contribution in [0.2, 0.25) is 0 Å². The van der Waals surface area contributed by atoms with Crippen molar-refractivity contribution in [3.05, 3.63) is 29.8 Å². The van der Waals surface area contributed by atoms with E-state index in [9.17, 15) is 9.59 Å². The molecule has 24 heavy (non-hydrogen) atoms. The van der Waals surface area contributed by atoms with Crippen LogP contribution in [-0.4, -0.2) is 50.6 Å². The quantitative estimate of drug-likeness (QED) is 0.651. The third-order valence-electron chi connectivity index (χ3n) is 4.17. The third-order valence-corrected chi connectivity index (χ3v) is 4.17. The predicted octanol–water partition coefficient (Wildman–Crippen LogP) is 3.19. The van der Waals surface area contributed by atoms with Crippen LogP contribution in [0.4, 0.5) is 5.69 Å². The number of anilines is 1. The largest absolute Gasteiger partial charge is 0.469 e. The molecule has 1 aromatic rings. The highest BCUT2D eigenvalue weighted by molar-refractivity contribution is 5.94. The fourth-order valence-corrected chi connectivity index (χ4v) is 2.53. The van der Waals surface area contributed by atoms with E-state index in [-0.39, 0.29) is 17.8 Å². The molecule has 5 nitrogen and oxygen atoms in total. The van der Waals surface area contributed by atoms with Crippen LogP contribution in [0, 0.1) is 5.92 Å². The molecule has 134 valence electrons. The third kappa shape index (κ3) is 5.55. The van der Waals surface area contributed by atoms with E-state index in [1.165, 1.54) is 7.11 Å². The number of hydrogen-bond acceptors (Lipinski definition) is 4. The monoisotopic (exact) mass is 334 g/mol. The van der Waals surface area contributed by atoms with Gasteiger partial charge in [-0.25, -0.2) is 0 Å². The first-order valence-electron chi connectivity index (χ1n) is 8.62. The zero-order valence-electron chi connectivity index (χ0n) is 15.5. The zero-order valence-corrected chi connectivity index (χ0v) is 15.5. The molecule has 0 bridgehead atoms. The van der Waals surface area contributed by atoms with Gasteiger partial charge in [-0.15, -0.1) is 0 Å². The molecule has 0 fully saturated rings. The predicted molar refractivity (Wildman–Crippen MR) is 97.4 cm³/mol. The maximum Gasteiger partial charge on any atom is 0.310 e. The Morgan fingerprint density at radius 2 is 1.79 bits per heavy atom. The van der Waals surface area contributed by atoms with E-state index in [0.29, 0.717) is 18.7 Å². The molecule has 1 rings (SSSR count). The average molecular weight is 334 g/mol. The van der Waals surface area contributed by atoms with E-state index in [0.717, 1.165) is 25.1 Å². The average Bonchev–Trinajstić information content (AvgIpc) is 2.62. The Labute approximate surface area is 145 Å². The van der Waals surface area contributed by atoms with Crippen LogP contribution in [0.25, 0.3) is 0 Å². The number of carbonyl (C=O) groups is 2. The fourth-order valence-electron chi connectivity index (χ4n) is 2.53. The molecule has 0 saturated heterocycles. The first-order valence-corrected chi connectivity index (χ1v) is 8.62. The summed E-state index contributed by atoms with van der Waals surface area (Å²) >= 11 is 0. The maximum absolute atomic E-state index is 12.6. The minimum absolute atomic E-state index is 0.0592. The van der Waals surface area contributed by atoms with E-state index in [1.807, 2.05) is 31.2 Å². The minimum atomic E-state index is -0.335. The molecule has 1 amide bonds. The van der Waals surface area contributed by atoms with Gasteiger partial charge in [0.05, 0.1) is 13.0 Å². The van der Waals surface area contributed by atoms with Gasteiger partial charge in [0.1, 0.15) is 0 Å². The molecule has 0 heterocycles. The van der Waals surface area contributed by atoms with E-state index in [1.54, 1.807) is 11.8 Å². The van der Waals surface area contributed by atoms with Crippen molar-refractivity contribution in [2.24, 2.45) is 5.92 Å². The molecule has 0 radical (unpaired) electrons. The number of benzene rings is 1. The van der Waals surface area contributed by atoms with Crippen molar-refractivity contribution < 1.29 is 14.3 Å². The molecule has 1 atom stereocenters. The second-order valence-corrected chi connectivity index (χ2v) is 6.09. The highest BCUT2D eigenvalue weighted by Gasteiger charge is 2.21. The van der Waals surface area contributed by atoms with Crippen LogP contribution >= 0.6 is 0 Å². The topological polar surface area (TPSA) is 49.9 Å². The summed E-state index contributed by atoms with van der Waals surface area (Å²) < 4.78 is 4.73. The highest BCUT2D eigenvalue weighted by atomic mass is 16.5. The number of nitrogens with zero attached hydrogens (tertiary/aromatic N) is 2. The maximum atomic E-state index is 12.6. The number of unbranched alkanes of at least 4 members (excludes halogenated alkanes) is 1. The number of ether oxygens (including phenoxy) is 1. The van der Waals surface area contributed by atoms with Gasteiger partial charge in [0.15, 0.2) is 0 Å². The molecule has 0 saturated carbocycles. The van der Waals surface area contributed by atoms with Crippen molar-refractivity contribution in [2.45, 2.75) is 33.6 Å². The summed E-state index contributed by atoms with van der Waals surface area (Å²) in [5, 5.41) is 0. The Morgan fingerprint density at radius 1 is 1.17 bits per heavy atom. The summed E-state index contributed by atoms with van der Waals surface area (Å²) in [5.41, 5.74) is 1.74. The van der Waals surface area contributed by atoms with Gasteiger partial charge in [0, 0.05) is 37.9 Å². The number of amides is 1. The molecule has 1 unspecified atom stereocenters. The molecule has 0 aliphatic carbocycles. The van der Waals surface area contributed by atoms with Gasteiger partial charge in [-0.1, -0.05) is 20.3 Å². The molecule has 0 aliphatic rings. The van der Waals surface area contributed by atoms with E-state index in [2.05, 4.69) is 18.9 Å². The Hall–Kier alpha value is -2.04. The van der Waals surface area contributed by atoms with Crippen LogP contribution < -0.4 is 4.90 Å². The number of esters is 1. The molecule has 0 aliphatic heterocycles. The second-order valence-electron chi connectivity index (χ2n) is 6.09. The number of carbonyl (C=O) groups excluding carboxylic acids is 2. The van der Waals surface area contributed by atoms with Gasteiger partial charge in [0.2, 0.25) is 0 Å². The normalized spacial score (nSPS) is 11.7. The Morgan fingerprint density at radius 3 is 2.29 bits per heavy atom. The summed E-state index contributed by atoms with van der Waals surface area (Å²) in [6.07, 6.45) is 2.30. The lowest BCUT2D eigenvalue weighted by Gasteiger charge is -2.24. The zero-order chi connectivity index (χ0) is 18.1. The Bertz CT molecular complexity index is 528. The van der Waals surface area contributed by atoms with E-state index in [4.69, 9.17) is 4.74 Å². The van der Waals surface area contributed by atoms with Gasteiger partial charge in [-0.2, -0.15) is 0 Å². The van der Waals surface area contributed by atoms with E-state index < -0.39 is 0 Å². The van der Waals surface area contributed by atoms with Crippen LogP contribution in [0.3, 0.4) is 0 Å². The summed E-state index contributed by atoms with van der Waals surface area (Å²) in [6.45, 7) is 7.77. The SMILES string of the molecule is CCCCN(C)c1ccc(C(=O)N(CC)CC(C)C(=O)OC)cc1. The lowest BCUT2D eigenvalue weighted by Crippen LogP contribution is -2.37. The minimum Gasteiger partial charge on any atom is -0.469 e. The van der Waals surface area contributed by atoms with Gasteiger partial charge in [-0.3, -0.25) is 9.59 Å². The lowest BCUT2D eigenvalue weighted by molar-refractivity contribution is -0.145. The summed E-state index contributed by atoms with van der Waals surface area (Å²) in [4.78, 5) is 28.1. The number of rotatable bonds is 9. The summed E-state index contributed by atoms with van der Waals surface area (Å²) in [5.74, 6) is -0.691. The first kappa shape index (κ1) is 20.0. The fraction of sp³-hybridized carbons (Fsp3) is 0.579.